The average molecular weight is 194 g/mol. The van der Waals surface area contributed by atoms with Crippen LogP contribution < -0.4 is 10.2 Å². The molecule has 1 N–H and O–H groups in total. The first-order chi connectivity index (χ1) is 6.57. The Labute approximate surface area is 83.0 Å². The highest BCUT2D eigenvalue weighted by Gasteiger charge is 2.10. The van der Waals surface area contributed by atoms with E-state index in [1.165, 1.54) is 7.11 Å². The average Bonchev–Trinajstić information content (AvgIpc) is 2.28. The summed E-state index contributed by atoms with van der Waals surface area (Å²) in [7, 11) is 1.42. The van der Waals surface area contributed by atoms with Gasteiger partial charge in [-0.15, -0.1) is 0 Å². The van der Waals surface area contributed by atoms with E-state index in [-0.39, 0.29) is 22.8 Å². The second kappa shape index (κ2) is 4.13. The predicted molar refractivity (Wildman–Crippen MR) is 55.0 cm³/mol. The SMILES string of the molecule is COc1cccc(C(C)C)c(=O)c1O. The molecular weight excluding hydrogens is 180 g/mol. The highest BCUT2D eigenvalue weighted by Crippen LogP contribution is 2.21. The largest absolute Gasteiger partial charge is 0.502 e. The zero-order valence-electron chi connectivity index (χ0n) is 8.57. The van der Waals surface area contributed by atoms with Crippen molar-refractivity contribution in [2.45, 2.75) is 19.8 Å². The molecule has 1 rings (SSSR count). The Morgan fingerprint density at radius 1 is 1.36 bits per heavy atom. The number of methoxy groups -OCH3 is 1. The minimum atomic E-state index is -0.359. The fourth-order valence-corrected chi connectivity index (χ4v) is 1.26. The van der Waals surface area contributed by atoms with Crippen molar-refractivity contribution in [3.05, 3.63) is 34.0 Å². The van der Waals surface area contributed by atoms with Crippen molar-refractivity contribution in [3.8, 4) is 11.5 Å². The Morgan fingerprint density at radius 3 is 2.50 bits per heavy atom. The van der Waals surface area contributed by atoms with Crippen LogP contribution in [0.2, 0.25) is 0 Å². The van der Waals surface area contributed by atoms with E-state index in [0.29, 0.717) is 5.56 Å². The highest BCUT2D eigenvalue weighted by atomic mass is 16.5. The Hall–Kier alpha value is -1.51. The van der Waals surface area contributed by atoms with Crippen LogP contribution in [0.3, 0.4) is 0 Å². The molecule has 1 aromatic rings. The van der Waals surface area contributed by atoms with Crippen molar-refractivity contribution in [1.82, 2.24) is 0 Å². The quantitative estimate of drug-likeness (QED) is 0.782. The summed E-state index contributed by atoms with van der Waals surface area (Å²) in [5.74, 6) is -0.0198. The summed E-state index contributed by atoms with van der Waals surface area (Å²) in [5, 5.41) is 9.55. The highest BCUT2D eigenvalue weighted by molar-refractivity contribution is 5.40. The number of hydrogen-bond donors (Lipinski definition) is 1. The van der Waals surface area contributed by atoms with Crippen LogP contribution in [-0.4, -0.2) is 12.2 Å². The third-order valence-corrected chi connectivity index (χ3v) is 2.08. The minimum absolute atomic E-state index is 0.0884. The van der Waals surface area contributed by atoms with Gasteiger partial charge in [-0.25, -0.2) is 0 Å². The Balaban J connectivity index is 3.49. The molecule has 1 aromatic carbocycles. The molecule has 0 aliphatic rings. The summed E-state index contributed by atoms with van der Waals surface area (Å²) in [6, 6.07) is 4.98. The lowest BCUT2D eigenvalue weighted by molar-refractivity contribution is 0.372. The summed E-state index contributed by atoms with van der Waals surface area (Å²) in [6.07, 6.45) is 0. The molecule has 0 spiro atoms. The first kappa shape index (κ1) is 10.6. The van der Waals surface area contributed by atoms with E-state index in [4.69, 9.17) is 4.74 Å². The van der Waals surface area contributed by atoms with Crippen molar-refractivity contribution in [3.63, 3.8) is 0 Å². The van der Waals surface area contributed by atoms with Gasteiger partial charge in [0.1, 0.15) is 0 Å². The van der Waals surface area contributed by atoms with Gasteiger partial charge in [0.15, 0.2) is 5.75 Å². The number of hydrogen-bond acceptors (Lipinski definition) is 3. The van der Waals surface area contributed by atoms with Crippen molar-refractivity contribution in [2.24, 2.45) is 0 Å². The molecule has 0 heterocycles. The third kappa shape index (κ3) is 1.87. The van der Waals surface area contributed by atoms with E-state index in [1.807, 2.05) is 13.8 Å². The maximum Gasteiger partial charge on any atom is 0.227 e. The van der Waals surface area contributed by atoms with Crippen LogP contribution in [0.25, 0.3) is 0 Å². The van der Waals surface area contributed by atoms with E-state index in [1.54, 1.807) is 18.2 Å². The molecule has 0 amide bonds. The molecule has 76 valence electrons. The fourth-order valence-electron chi connectivity index (χ4n) is 1.26. The van der Waals surface area contributed by atoms with Gasteiger partial charge in [0.05, 0.1) is 7.11 Å². The molecule has 14 heavy (non-hydrogen) atoms. The van der Waals surface area contributed by atoms with Crippen LogP contribution in [0.1, 0.15) is 25.3 Å². The molecule has 3 nitrogen and oxygen atoms in total. The molecule has 0 saturated carbocycles. The van der Waals surface area contributed by atoms with Gasteiger partial charge in [-0.2, -0.15) is 0 Å². The molecule has 0 saturated heterocycles. The molecule has 0 aliphatic heterocycles. The Kier molecular flexibility index (Phi) is 3.12. The standard InChI is InChI=1S/C11H14O3/c1-7(2)8-5-4-6-9(14-3)11(13)10(8)12/h4-7H,1-3H3,(H,12,13). The maximum atomic E-state index is 11.7. The normalized spacial score (nSPS) is 10.3. The van der Waals surface area contributed by atoms with Gasteiger partial charge in [0.25, 0.3) is 0 Å². The molecular formula is C11H14O3. The van der Waals surface area contributed by atoms with Crippen molar-refractivity contribution < 1.29 is 9.84 Å². The molecule has 0 fully saturated rings. The second-order valence-electron chi connectivity index (χ2n) is 3.38. The number of ether oxygens (including phenoxy) is 1. The number of rotatable bonds is 2. The van der Waals surface area contributed by atoms with Gasteiger partial charge in [-0.05, 0) is 12.0 Å². The third-order valence-electron chi connectivity index (χ3n) is 2.08. The van der Waals surface area contributed by atoms with E-state index >= 15 is 0 Å². The van der Waals surface area contributed by atoms with Crippen LogP contribution in [0.4, 0.5) is 0 Å². The van der Waals surface area contributed by atoms with Gasteiger partial charge in [-0.3, -0.25) is 4.79 Å². The van der Waals surface area contributed by atoms with Gasteiger partial charge >= 0.3 is 0 Å². The molecule has 0 aliphatic carbocycles. The van der Waals surface area contributed by atoms with Crippen molar-refractivity contribution in [2.75, 3.05) is 7.11 Å². The van der Waals surface area contributed by atoms with Crippen molar-refractivity contribution >= 4 is 0 Å². The van der Waals surface area contributed by atoms with Gasteiger partial charge in [0.2, 0.25) is 11.2 Å². The summed E-state index contributed by atoms with van der Waals surface area (Å²) in [6.45, 7) is 3.81. The zero-order valence-corrected chi connectivity index (χ0v) is 8.57. The summed E-state index contributed by atoms with van der Waals surface area (Å²) < 4.78 is 4.87. The van der Waals surface area contributed by atoms with Crippen LogP contribution in [0.5, 0.6) is 11.5 Å². The first-order valence-electron chi connectivity index (χ1n) is 4.48. The smallest absolute Gasteiger partial charge is 0.227 e. The molecule has 0 aromatic heterocycles. The lowest BCUT2D eigenvalue weighted by atomic mass is 10.1. The monoisotopic (exact) mass is 194 g/mol. The Morgan fingerprint density at radius 2 is 2.00 bits per heavy atom. The van der Waals surface area contributed by atoms with Gasteiger partial charge < -0.3 is 9.84 Å². The molecule has 0 atom stereocenters. The molecule has 0 radical (unpaired) electrons. The van der Waals surface area contributed by atoms with Crippen LogP contribution in [0, 0.1) is 0 Å². The molecule has 0 bridgehead atoms. The second-order valence-corrected chi connectivity index (χ2v) is 3.38. The molecule has 0 unspecified atom stereocenters. The topological polar surface area (TPSA) is 46.5 Å². The van der Waals surface area contributed by atoms with Crippen LogP contribution >= 0.6 is 0 Å². The lowest BCUT2D eigenvalue weighted by Crippen LogP contribution is -2.07. The fraction of sp³-hybridized carbons (Fsp3) is 0.364. The van der Waals surface area contributed by atoms with Crippen molar-refractivity contribution in [1.29, 1.82) is 0 Å². The maximum absolute atomic E-state index is 11.7. The zero-order chi connectivity index (χ0) is 10.7. The van der Waals surface area contributed by atoms with E-state index < -0.39 is 0 Å². The van der Waals surface area contributed by atoms with E-state index in [9.17, 15) is 9.90 Å². The van der Waals surface area contributed by atoms with Crippen LogP contribution in [0.15, 0.2) is 23.0 Å². The van der Waals surface area contributed by atoms with Gasteiger partial charge in [0, 0.05) is 5.56 Å². The van der Waals surface area contributed by atoms with E-state index in [2.05, 4.69) is 0 Å². The lowest BCUT2D eigenvalue weighted by Gasteiger charge is -2.00. The Bertz CT molecular complexity index is 383. The van der Waals surface area contributed by atoms with Crippen LogP contribution in [-0.2, 0) is 0 Å². The summed E-state index contributed by atoms with van der Waals surface area (Å²) in [5.41, 5.74) is 0.229. The van der Waals surface area contributed by atoms with Gasteiger partial charge in [-0.1, -0.05) is 26.0 Å². The minimum Gasteiger partial charge on any atom is -0.502 e. The first-order valence-corrected chi connectivity index (χ1v) is 4.48. The summed E-state index contributed by atoms with van der Waals surface area (Å²) in [4.78, 5) is 11.7. The predicted octanol–water partition coefficient (Wildman–Crippen LogP) is 1.88. The summed E-state index contributed by atoms with van der Waals surface area (Å²) >= 11 is 0. The molecule has 3 heteroatoms. The number of aromatic hydroxyl groups is 1. The van der Waals surface area contributed by atoms with E-state index in [0.717, 1.165) is 0 Å².